The second-order valence-corrected chi connectivity index (χ2v) is 15.5. The molecule has 0 aromatic carbocycles. The lowest BCUT2D eigenvalue weighted by Crippen LogP contribution is -2.47. The SMILES string of the molecule is CCCC/C=C\CCCCC(O)CC(=O)NC(COP(=O)(O)OCCN)C(O)CCCCCCCCCCCCCCCCCCCCC. The number of unbranched alkanes of at least 4 members (excludes halogenated alkanes) is 22. The fourth-order valence-corrected chi connectivity index (χ4v) is 6.80. The van der Waals surface area contributed by atoms with Crippen LogP contribution in [0.15, 0.2) is 12.2 Å². The number of aliphatic hydroxyl groups excluding tert-OH is 2. The van der Waals surface area contributed by atoms with Crippen LogP contribution in [-0.4, -0.2) is 59.0 Å². The number of hydrogen-bond acceptors (Lipinski definition) is 7. The van der Waals surface area contributed by atoms with Gasteiger partial charge in [-0.15, -0.1) is 0 Å². The Bertz CT molecular complexity index is 801. The van der Waals surface area contributed by atoms with Gasteiger partial charge in [0, 0.05) is 6.54 Å². The Kier molecular flexibility index (Phi) is 35.0. The normalized spacial score (nSPS) is 15.0. The van der Waals surface area contributed by atoms with E-state index in [2.05, 4.69) is 31.3 Å². The van der Waals surface area contributed by atoms with Gasteiger partial charge >= 0.3 is 7.82 Å². The zero-order valence-electron chi connectivity index (χ0n) is 31.8. The first-order chi connectivity index (χ1) is 23.8. The Hall–Kier alpha value is -0.800. The highest BCUT2D eigenvalue weighted by molar-refractivity contribution is 7.47. The van der Waals surface area contributed by atoms with Gasteiger partial charge in [-0.05, 0) is 32.1 Å². The maximum atomic E-state index is 12.7. The average Bonchev–Trinajstić information content (AvgIpc) is 3.07. The van der Waals surface area contributed by atoms with Crippen molar-refractivity contribution in [3.8, 4) is 0 Å². The van der Waals surface area contributed by atoms with Crippen LogP contribution in [0.5, 0.6) is 0 Å². The van der Waals surface area contributed by atoms with Crippen molar-refractivity contribution in [1.82, 2.24) is 5.32 Å². The predicted octanol–water partition coefficient (Wildman–Crippen LogP) is 9.80. The van der Waals surface area contributed by atoms with Crippen LogP contribution < -0.4 is 11.1 Å². The van der Waals surface area contributed by atoms with Gasteiger partial charge in [0.2, 0.25) is 5.91 Å². The largest absolute Gasteiger partial charge is 0.472 e. The molecule has 0 aliphatic heterocycles. The molecule has 0 aromatic rings. The molecule has 9 nitrogen and oxygen atoms in total. The number of carbonyl (C=O) groups is 1. The number of amides is 1. The van der Waals surface area contributed by atoms with Gasteiger partial charge in [-0.2, -0.15) is 0 Å². The summed E-state index contributed by atoms with van der Waals surface area (Å²) in [5.74, 6) is -0.427. The van der Waals surface area contributed by atoms with Gasteiger partial charge in [0.25, 0.3) is 0 Å². The molecule has 0 bridgehead atoms. The number of phosphoric ester groups is 1. The van der Waals surface area contributed by atoms with Gasteiger partial charge in [-0.25, -0.2) is 4.57 Å². The maximum absolute atomic E-state index is 12.7. The van der Waals surface area contributed by atoms with Crippen LogP contribution in [0, 0.1) is 0 Å². The molecule has 0 radical (unpaired) electrons. The highest BCUT2D eigenvalue weighted by atomic mass is 31.2. The molecule has 0 spiro atoms. The molecule has 0 heterocycles. The van der Waals surface area contributed by atoms with Crippen molar-refractivity contribution in [2.75, 3.05) is 19.8 Å². The molecule has 4 atom stereocenters. The summed E-state index contributed by atoms with van der Waals surface area (Å²) in [7, 11) is -4.37. The Balaban J connectivity index is 4.23. The number of nitrogens with one attached hydrogen (secondary N) is 1. The first kappa shape index (κ1) is 48.2. The number of hydrogen-bond donors (Lipinski definition) is 5. The topological polar surface area (TPSA) is 151 Å². The Morgan fingerprint density at radius 3 is 1.61 bits per heavy atom. The summed E-state index contributed by atoms with van der Waals surface area (Å²) < 4.78 is 22.0. The van der Waals surface area contributed by atoms with Crippen LogP contribution in [0.1, 0.15) is 194 Å². The molecule has 0 aliphatic rings. The Morgan fingerprint density at radius 2 is 1.12 bits per heavy atom. The zero-order valence-corrected chi connectivity index (χ0v) is 32.7. The van der Waals surface area contributed by atoms with E-state index in [0.29, 0.717) is 12.8 Å². The minimum Gasteiger partial charge on any atom is -0.393 e. The molecule has 0 saturated heterocycles. The highest BCUT2D eigenvalue weighted by Crippen LogP contribution is 2.43. The monoisotopic (exact) mass is 719 g/mol. The Labute approximate surface area is 301 Å². The molecule has 6 N–H and O–H groups in total. The van der Waals surface area contributed by atoms with Gasteiger partial charge in [0.1, 0.15) is 0 Å². The third-order valence-corrected chi connectivity index (χ3v) is 10.2. The molecular formula is C39H79N2O7P. The van der Waals surface area contributed by atoms with Crippen molar-refractivity contribution >= 4 is 13.7 Å². The average molecular weight is 719 g/mol. The third-order valence-electron chi connectivity index (χ3n) is 9.17. The Morgan fingerprint density at radius 1 is 0.673 bits per heavy atom. The molecule has 0 aliphatic carbocycles. The summed E-state index contributed by atoms with van der Waals surface area (Å²) in [4.78, 5) is 22.6. The van der Waals surface area contributed by atoms with E-state index in [1.165, 1.54) is 116 Å². The van der Waals surface area contributed by atoms with Crippen LogP contribution in [0.4, 0.5) is 0 Å². The first-order valence-electron chi connectivity index (χ1n) is 20.4. The second-order valence-electron chi connectivity index (χ2n) is 14.0. The van der Waals surface area contributed by atoms with Gasteiger partial charge in [0.05, 0.1) is 37.9 Å². The molecule has 0 saturated carbocycles. The van der Waals surface area contributed by atoms with Gasteiger partial charge in [-0.3, -0.25) is 13.8 Å². The van der Waals surface area contributed by atoms with Crippen LogP contribution in [-0.2, 0) is 18.4 Å². The minimum absolute atomic E-state index is 0.0587. The van der Waals surface area contributed by atoms with E-state index in [0.717, 1.165) is 44.9 Å². The fourth-order valence-electron chi connectivity index (χ4n) is 6.04. The number of phosphoric acid groups is 1. The molecular weight excluding hydrogens is 639 g/mol. The van der Waals surface area contributed by atoms with Gasteiger partial charge in [-0.1, -0.05) is 167 Å². The lowest BCUT2D eigenvalue weighted by molar-refractivity contribution is -0.125. The molecule has 1 amide bonds. The zero-order chi connectivity index (χ0) is 36.3. The van der Waals surface area contributed by atoms with E-state index in [1.54, 1.807) is 0 Å². The summed E-state index contributed by atoms with van der Waals surface area (Å²) in [6.45, 7) is 3.97. The minimum atomic E-state index is -4.37. The van der Waals surface area contributed by atoms with Crippen molar-refractivity contribution in [3.63, 3.8) is 0 Å². The number of carbonyl (C=O) groups excluding carboxylic acids is 1. The summed E-state index contributed by atoms with van der Waals surface area (Å²) in [6, 6.07) is -0.898. The molecule has 0 fully saturated rings. The van der Waals surface area contributed by atoms with Crippen LogP contribution in [0.3, 0.4) is 0 Å². The highest BCUT2D eigenvalue weighted by Gasteiger charge is 2.28. The lowest BCUT2D eigenvalue weighted by atomic mass is 10.0. The van der Waals surface area contributed by atoms with Crippen LogP contribution in [0.2, 0.25) is 0 Å². The van der Waals surface area contributed by atoms with Crippen LogP contribution in [0.25, 0.3) is 0 Å². The standard InChI is InChI=1S/C39H79N2O7P/c1-3-5-7-9-11-13-14-15-16-17-18-19-20-21-22-23-25-27-29-31-38(43)37(35-48-49(45,46)47-33-32-40)41-39(44)34-36(42)30-28-26-24-12-10-8-6-4-2/h10,12,36-38,42-43H,3-9,11,13-35,40H2,1-2H3,(H,41,44)(H,45,46)/b12-10-. The summed E-state index contributed by atoms with van der Waals surface area (Å²) in [5, 5.41) is 24.0. The van der Waals surface area contributed by atoms with Gasteiger partial charge < -0.3 is 26.2 Å². The quantitative estimate of drug-likeness (QED) is 0.0240. The smallest absolute Gasteiger partial charge is 0.393 e. The van der Waals surface area contributed by atoms with E-state index < -0.39 is 32.0 Å². The number of aliphatic hydroxyl groups is 2. The molecule has 0 aromatic heterocycles. The van der Waals surface area contributed by atoms with Gasteiger partial charge in [0.15, 0.2) is 0 Å². The summed E-state index contributed by atoms with van der Waals surface area (Å²) in [6.07, 6.45) is 34.2. The van der Waals surface area contributed by atoms with E-state index in [4.69, 9.17) is 14.8 Å². The maximum Gasteiger partial charge on any atom is 0.472 e. The molecule has 4 unspecified atom stereocenters. The van der Waals surface area contributed by atoms with E-state index in [1.807, 2.05) is 0 Å². The van der Waals surface area contributed by atoms with E-state index in [-0.39, 0.29) is 26.2 Å². The second kappa shape index (κ2) is 35.6. The molecule has 292 valence electrons. The molecule has 49 heavy (non-hydrogen) atoms. The number of rotatable bonds is 38. The lowest BCUT2D eigenvalue weighted by Gasteiger charge is -2.25. The third kappa shape index (κ3) is 34.1. The fraction of sp³-hybridized carbons (Fsp3) is 0.923. The first-order valence-corrected chi connectivity index (χ1v) is 21.9. The molecule has 10 heteroatoms. The van der Waals surface area contributed by atoms with Crippen molar-refractivity contribution < 1.29 is 33.5 Å². The van der Waals surface area contributed by atoms with Crippen molar-refractivity contribution in [1.29, 1.82) is 0 Å². The van der Waals surface area contributed by atoms with E-state index >= 15 is 0 Å². The van der Waals surface area contributed by atoms with E-state index in [9.17, 15) is 24.5 Å². The van der Waals surface area contributed by atoms with Crippen molar-refractivity contribution in [3.05, 3.63) is 12.2 Å². The predicted molar refractivity (Wildman–Crippen MR) is 204 cm³/mol. The number of allylic oxidation sites excluding steroid dienone is 2. The molecule has 0 rings (SSSR count). The van der Waals surface area contributed by atoms with Crippen molar-refractivity contribution in [2.24, 2.45) is 5.73 Å². The summed E-state index contributed by atoms with van der Waals surface area (Å²) in [5.41, 5.74) is 5.35. The number of nitrogens with two attached hydrogens (primary N) is 1. The summed E-state index contributed by atoms with van der Waals surface area (Å²) >= 11 is 0. The van der Waals surface area contributed by atoms with Crippen molar-refractivity contribution in [2.45, 2.75) is 212 Å². The van der Waals surface area contributed by atoms with Crippen LogP contribution >= 0.6 is 7.82 Å².